The Morgan fingerprint density at radius 1 is 1.21 bits per heavy atom. The summed E-state index contributed by atoms with van der Waals surface area (Å²) in [5.74, 6) is 1.60. The van der Waals surface area contributed by atoms with Crippen LogP contribution in [0.1, 0.15) is 25.3 Å². The fourth-order valence-electron chi connectivity index (χ4n) is 2.59. The highest BCUT2D eigenvalue weighted by Crippen LogP contribution is 2.32. The van der Waals surface area contributed by atoms with E-state index in [1.807, 2.05) is 0 Å². The van der Waals surface area contributed by atoms with Crippen LogP contribution in [0, 0.1) is 11.8 Å². The molecular formula is C13H19N. The van der Waals surface area contributed by atoms with Crippen molar-refractivity contribution in [2.45, 2.75) is 32.2 Å². The zero-order valence-corrected chi connectivity index (χ0v) is 8.82. The van der Waals surface area contributed by atoms with E-state index in [-0.39, 0.29) is 0 Å². The van der Waals surface area contributed by atoms with Crippen LogP contribution in [0.15, 0.2) is 30.3 Å². The first kappa shape index (κ1) is 9.72. The highest BCUT2D eigenvalue weighted by molar-refractivity contribution is 5.15. The molecule has 1 aliphatic carbocycles. The van der Waals surface area contributed by atoms with Crippen LogP contribution in [-0.4, -0.2) is 6.04 Å². The lowest BCUT2D eigenvalue weighted by atomic mass is 9.91. The van der Waals surface area contributed by atoms with Gasteiger partial charge >= 0.3 is 0 Å². The molecule has 0 heterocycles. The lowest BCUT2D eigenvalue weighted by Gasteiger charge is -2.14. The molecule has 14 heavy (non-hydrogen) atoms. The fraction of sp³-hybridized carbons (Fsp3) is 0.538. The lowest BCUT2D eigenvalue weighted by Crippen LogP contribution is -2.15. The zero-order chi connectivity index (χ0) is 9.97. The van der Waals surface area contributed by atoms with Crippen LogP contribution in [0.2, 0.25) is 0 Å². The van der Waals surface area contributed by atoms with E-state index in [0.717, 1.165) is 11.8 Å². The van der Waals surface area contributed by atoms with E-state index in [1.54, 1.807) is 0 Å². The predicted molar refractivity (Wildman–Crippen MR) is 60.0 cm³/mol. The van der Waals surface area contributed by atoms with Crippen LogP contribution in [-0.2, 0) is 6.42 Å². The smallest absolute Gasteiger partial charge is 0.00443 e. The van der Waals surface area contributed by atoms with Crippen molar-refractivity contribution < 1.29 is 0 Å². The molecule has 0 amide bonds. The topological polar surface area (TPSA) is 26.0 Å². The Bertz CT molecular complexity index is 281. The van der Waals surface area contributed by atoms with Crippen LogP contribution in [0.25, 0.3) is 0 Å². The van der Waals surface area contributed by atoms with E-state index < -0.39 is 0 Å². The molecule has 1 aromatic carbocycles. The molecule has 2 rings (SSSR count). The van der Waals surface area contributed by atoms with Gasteiger partial charge in [-0.2, -0.15) is 0 Å². The van der Waals surface area contributed by atoms with E-state index in [0.29, 0.717) is 6.04 Å². The van der Waals surface area contributed by atoms with Crippen molar-refractivity contribution in [1.82, 2.24) is 0 Å². The number of benzene rings is 1. The first-order chi connectivity index (χ1) is 6.75. The summed E-state index contributed by atoms with van der Waals surface area (Å²) in [6.45, 7) is 2.33. The van der Waals surface area contributed by atoms with Crippen molar-refractivity contribution in [2.75, 3.05) is 0 Å². The summed E-state index contributed by atoms with van der Waals surface area (Å²) in [7, 11) is 0. The summed E-state index contributed by atoms with van der Waals surface area (Å²) in [6.07, 6.45) is 3.61. The van der Waals surface area contributed by atoms with E-state index in [4.69, 9.17) is 5.73 Å². The highest BCUT2D eigenvalue weighted by Gasteiger charge is 2.28. The average Bonchev–Trinajstić information content (AvgIpc) is 2.47. The zero-order valence-electron chi connectivity index (χ0n) is 8.82. The van der Waals surface area contributed by atoms with Crippen LogP contribution >= 0.6 is 0 Å². The summed E-state index contributed by atoms with van der Waals surface area (Å²) >= 11 is 0. The molecule has 0 bridgehead atoms. The molecule has 1 aliphatic rings. The minimum absolute atomic E-state index is 0.443. The molecule has 1 heteroatoms. The van der Waals surface area contributed by atoms with Gasteiger partial charge in [0.25, 0.3) is 0 Å². The van der Waals surface area contributed by atoms with E-state index >= 15 is 0 Å². The summed E-state index contributed by atoms with van der Waals surface area (Å²) in [5.41, 5.74) is 7.43. The Kier molecular flexibility index (Phi) is 2.87. The molecule has 0 aliphatic heterocycles. The third-order valence-corrected chi connectivity index (χ3v) is 3.43. The number of hydrogen-bond acceptors (Lipinski definition) is 1. The van der Waals surface area contributed by atoms with Crippen LogP contribution < -0.4 is 5.73 Å². The number of nitrogens with two attached hydrogens (primary N) is 1. The molecule has 1 unspecified atom stereocenters. The second-order valence-electron chi connectivity index (χ2n) is 4.66. The van der Waals surface area contributed by atoms with E-state index in [2.05, 4.69) is 37.3 Å². The minimum Gasteiger partial charge on any atom is -0.328 e. The third kappa shape index (κ3) is 2.16. The first-order valence-electron chi connectivity index (χ1n) is 5.55. The van der Waals surface area contributed by atoms with E-state index in [1.165, 1.54) is 24.8 Å². The van der Waals surface area contributed by atoms with Gasteiger partial charge in [-0.05, 0) is 36.7 Å². The second-order valence-corrected chi connectivity index (χ2v) is 4.66. The highest BCUT2D eigenvalue weighted by atomic mass is 14.7. The Morgan fingerprint density at radius 3 is 2.50 bits per heavy atom. The maximum atomic E-state index is 5.97. The van der Waals surface area contributed by atoms with Gasteiger partial charge in [-0.15, -0.1) is 0 Å². The van der Waals surface area contributed by atoms with Crippen LogP contribution in [0.3, 0.4) is 0 Å². The minimum atomic E-state index is 0.443. The molecule has 2 N–H and O–H groups in total. The van der Waals surface area contributed by atoms with Crippen LogP contribution in [0.5, 0.6) is 0 Å². The SMILES string of the molecule is C[C@@H]1C[C@H](N)CC1Cc1ccccc1. The van der Waals surface area contributed by atoms with Crippen LogP contribution in [0.4, 0.5) is 0 Å². The van der Waals surface area contributed by atoms with Crippen molar-refractivity contribution in [2.24, 2.45) is 17.6 Å². The van der Waals surface area contributed by atoms with Gasteiger partial charge in [0.05, 0.1) is 0 Å². The third-order valence-electron chi connectivity index (χ3n) is 3.43. The standard InChI is InChI=1S/C13H19N/c1-10-7-13(14)9-12(10)8-11-5-3-2-4-6-11/h2-6,10,12-13H,7-9,14H2,1H3/t10-,12?,13+/m1/s1. The van der Waals surface area contributed by atoms with Gasteiger partial charge in [0.15, 0.2) is 0 Å². The maximum absolute atomic E-state index is 5.97. The molecule has 0 aromatic heterocycles. The van der Waals surface area contributed by atoms with Crippen molar-refractivity contribution in [3.8, 4) is 0 Å². The summed E-state index contributed by atoms with van der Waals surface area (Å²) in [5, 5.41) is 0. The molecule has 1 aromatic rings. The van der Waals surface area contributed by atoms with Gasteiger partial charge in [0.1, 0.15) is 0 Å². The predicted octanol–water partition coefficient (Wildman–Crippen LogP) is 2.60. The summed E-state index contributed by atoms with van der Waals surface area (Å²) < 4.78 is 0. The van der Waals surface area contributed by atoms with Gasteiger partial charge < -0.3 is 5.73 Å². The van der Waals surface area contributed by atoms with Crippen molar-refractivity contribution in [1.29, 1.82) is 0 Å². The fourth-order valence-corrected chi connectivity index (χ4v) is 2.59. The van der Waals surface area contributed by atoms with Gasteiger partial charge in [-0.3, -0.25) is 0 Å². The lowest BCUT2D eigenvalue weighted by molar-refractivity contribution is 0.417. The molecule has 76 valence electrons. The Hall–Kier alpha value is -0.820. The molecule has 0 radical (unpaired) electrons. The molecule has 3 atom stereocenters. The molecule has 1 fully saturated rings. The first-order valence-corrected chi connectivity index (χ1v) is 5.55. The quantitative estimate of drug-likeness (QED) is 0.760. The second kappa shape index (κ2) is 4.14. The van der Waals surface area contributed by atoms with Crippen molar-refractivity contribution in [3.05, 3.63) is 35.9 Å². The molecule has 0 saturated heterocycles. The molecule has 1 saturated carbocycles. The Labute approximate surface area is 86.3 Å². The molecule has 1 nitrogen and oxygen atoms in total. The maximum Gasteiger partial charge on any atom is 0.00443 e. The van der Waals surface area contributed by atoms with Gasteiger partial charge in [0.2, 0.25) is 0 Å². The Morgan fingerprint density at radius 2 is 1.93 bits per heavy atom. The van der Waals surface area contributed by atoms with E-state index in [9.17, 15) is 0 Å². The summed E-state index contributed by atoms with van der Waals surface area (Å²) in [6, 6.07) is 11.2. The Balaban J connectivity index is 1.98. The normalized spacial score (nSPS) is 32.0. The average molecular weight is 189 g/mol. The monoisotopic (exact) mass is 189 g/mol. The van der Waals surface area contributed by atoms with Crippen molar-refractivity contribution in [3.63, 3.8) is 0 Å². The molecular weight excluding hydrogens is 170 g/mol. The van der Waals surface area contributed by atoms with Crippen molar-refractivity contribution >= 4 is 0 Å². The number of rotatable bonds is 2. The summed E-state index contributed by atoms with van der Waals surface area (Å²) in [4.78, 5) is 0. The van der Waals surface area contributed by atoms with Gasteiger partial charge in [-0.1, -0.05) is 37.3 Å². The number of hydrogen-bond donors (Lipinski definition) is 1. The molecule has 0 spiro atoms. The van der Waals surface area contributed by atoms with Gasteiger partial charge in [-0.25, -0.2) is 0 Å². The van der Waals surface area contributed by atoms with Gasteiger partial charge in [0, 0.05) is 6.04 Å². The largest absolute Gasteiger partial charge is 0.328 e.